The number of aryl methyl sites for hydroxylation is 1. The number of rotatable bonds is 8. The summed E-state index contributed by atoms with van der Waals surface area (Å²) in [6.07, 6.45) is 0.189. The van der Waals surface area contributed by atoms with Crippen LogP contribution in [0.25, 0.3) is 0 Å². The van der Waals surface area contributed by atoms with Gasteiger partial charge in [-0.3, -0.25) is 14.4 Å². The van der Waals surface area contributed by atoms with Gasteiger partial charge in [-0.05, 0) is 39.3 Å². The Morgan fingerprint density at radius 3 is 2.37 bits per heavy atom. The van der Waals surface area contributed by atoms with E-state index in [2.05, 4.69) is 9.88 Å². The van der Waals surface area contributed by atoms with E-state index in [0.29, 0.717) is 5.56 Å². The predicted octanol–water partition coefficient (Wildman–Crippen LogP) is 2.77. The smallest absolute Gasteiger partial charge is 0.325 e. The first-order valence-electron chi connectivity index (χ1n) is 8.97. The molecule has 0 spiro atoms. The third-order valence-electron chi connectivity index (χ3n) is 4.30. The first-order chi connectivity index (χ1) is 12.8. The van der Waals surface area contributed by atoms with Crippen molar-refractivity contribution >= 4 is 17.7 Å². The van der Waals surface area contributed by atoms with Gasteiger partial charge in [0.25, 0.3) is 0 Å². The summed E-state index contributed by atoms with van der Waals surface area (Å²) in [6, 6.07) is 11.3. The van der Waals surface area contributed by atoms with Gasteiger partial charge in [-0.25, -0.2) is 0 Å². The molecule has 0 unspecified atom stereocenters. The summed E-state index contributed by atoms with van der Waals surface area (Å²) in [5, 5.41) is 2.51. The molecule has 0 saturated carbocycles. The fraction of sp³-hybridized carbons (Fsp3) is 0.381. The zero-order valence-electron chi connectivity index (χ0n) is 16.2. The summed E-state index contributed by atoms with van der Waals surface area (Å²) >= 11 is 0. The Labute approximate surface area is 159 Å². The van der Waals surface area contributed by atoms with Crippen molar-refractivity contribution in [1.29, 1.82) is 0 Å². The van der Waals surface area contributed by atoms with Gasteiger partial charge in [-0.15, -0.1) is 0 Å². The first-order valence-corrected chi connectivity index (χ1v) is 8.97. The molecule has 1 aromatic heterocycles. The van der Waals surface area contributed by atoms with E-state index in [1.165, 1.54) is 0 Å². The van der Waals surface area contributed by atoms with Crippen molar-refractivity contribution in [3.8, 4) is 0 Å². The molecule has 0 bridgehead atoms. The highest BCUT2D eigenvalue weighted by Crippen LogP contribution is 2.20. The molecular formula is C21H26N2O4. The van der Waals surface area contributed by atoms with Gasteiger partial charge >= 0.3 is 5.97 Å². The van der Waals surface area contributed by atoms with Crippen LogP contribution in [-0.2, 0) is 20.7 Å². The van der Waals surface area contributed by atoms with Gasteiger partial charge in [0.05, 0.1) is 6.42 Å². The molecule has 2 rings (SSSR count). The molecule has 0 aliphatic heterocycles. The van der Waals surface area contributed by atoms with Crippen LogP contribution >= 0.6 is 0 Å². The zero-order chi connectivity index (χ0) is 20.0. The SMILES string of the molecule is Cc1cc(C(=O)COC(=O)CNC(=O)Cc2ccccc2)c(C)n1C(C)C. The van der Waals surface area contributed by atoms with Gasteiger partial charge in [-0.2, -0.15) is 0 Å². The third-order valence-corrected chi connectivity index (χ3v) is 4.30. The van der Waals surface area contributed by atoms with Crippen LogP contribution in [0.4, 0.5) is 0 Å². The Morgan fingerprint density at radius 1 is 1.11 bits per heavy atom. The van der Waals surface area contributed by atoms with E-state index in [1.807, 2.05) is 64.1 Å². The minimum atomic E-state index is -0.637. The average Bonchev–Trinajstić information content (AvgIpc) is 2.93. The fourth-order valence-corrected chi connectivity index (χ4v) is 3.14. The van der Waals surface area contributed by atoms with E-state index in [4.69, 9.17) is 4.74 Å². The van der Waals surface area contributed by atoms with Crippen molar-refractivity contribution in [2.24, 2.45) is 0 Å². The molecule has 6 nitrogen and oxygen atoms in total. The molecular weight excluding hydrogens is 344 g/mol. The van der Waals surface area contributed by atoms with E-state index < -0.39 is 5.97 Å². The Hall–Kier alpha value is -2.89. The van der Waals surface area contributed by atoms with E-state index in [9.17, 15) is 14.4 Å². The number of hydrogen-bond acceptors (Lipinski definition) is 4. The van der Waals surface area contributed by atoms with Crippen molar-refractivity contribution in [2.45, 2.75) is 40.2 Å². The van der Waals surface area contributed by atoms with Crippen LogP contribution in [0.5, 0.6) is 0 Å². The van der Waals surface area contributed by atoms with Gasteiger partial charge in [0.15, 0.2) is 6.61 Å². The summed E-state index contributed by atoms with van der Waals surface area (Å²) in [4.78, 5) is 36.0. The summed E-state index contributed by atoms with van der Waals surface area (Å²) in [5.41, 5.74) is 3.27. The maximum Gasteiger partial charge on any atom is 0.325 e. The van der Waals surface area contributed by atoms with E-state index in [-0.39, 0.29) is 37.3 Å². The normalized spacial score (nSPS) is 10.7. The molecule has 1 amide bonds. The van der Waals surface area contributed by atoms with E-state index in [1.54, 1.807) is 0 Å². The van der Waals surface area contributed by atoms with Crippen LogP contribution in [-0.4, -0.2) is 35.4 Å². The molecule has 6 heteroatoms. The number of carbonyl (C=O) groups is 3. The topological polar surface area (TPSA) is 77.4 Å². The molecule has 1 N–H and O–H groups in total. The second-order valence-electron chi connectivity index (χ2n) is 6.77. The lowest BCUT2D eigenvalue weighted by atomic mass is 10.1. The Balaban J connectivity index is 1.81. The number of carbonyl (C=O) groups excluding carboxylic acids is 3. The molecule has 1 heterocycles. The number of nitrogens with one attached hydrogen (secondary N) is 1. The standard InChI is InChI=1S/C21H26N2O4/c1-14(2)23-15(3)10-18(16(23)4)19(24)13-27-21(26)12-22-20(25)11-17-8-6-5-7-9-17/h5-10,14H,11-13H2,1-4H3,(H,22,25). The Bertz CT molecular complexity index is 822. The van der Waals surface area contributed by atoms with E-state index >= 15 is 0 Å². The summed E-state index contributed by atoms with van der Waals surface area (Å²) in [7, 11) is 0. The minimum absolute atomic E-state index is 0.189. The van der Waals surface area contributed by atoms with Crippen LogP contribution < -0.4 is 5.32 Å². The molecule has 0 aliphatic rings. The number of ether oxygens (including phenoxy) is 1. The van der Waals surface area contributed by atoms with Gasteiger partial charge in [-0.1, -0.05) is 30.3 Å². The maximum absolute atomic E-state index is 12.4. The lowest BCUT2D eigenvalue weighted by Crippen LogP contribution is -2.32. The van der Waals surface area contributed by atoms with Gasteiger partial charge in [0.2, 0.25) is 11.7 Å². The molecule has 2 aromatic rings. The number of ketones is 1. The first kappa shape index (κ1) is 20.4. The third kappa shape index (κ3) is 5.54. The van der Waals surface area contributed by atoms with Gasteiger partial charge < -0.3 is 14.6 Å². The van der Waals surface area contributed by atoms with Gasteiger partial charge in [0.1, 0.15) is 6.54 Å². The summed E-state index contributed by atoms with van der Waals surface area (Å²) in [6.45, 7) is 7.32. The van der Waals surface area contributed by atoms with Crippen LogP contribution in [0.3, 0.4) is 0 Å². The van der Waals surface area contributed by atoms with Crippen molar-refractivity contribution in [3.05, 3.63) is 58.9 Å². The largest absolute Gasteiger partial charge is 0.456 e. The highest BCUT2D eigenvalue weighted by Gasteiger charge is 2.18. The Kier molecular flexibility index (Phi) is 6.93. The minimum Gasteiger partial charge on any atom is -0.456 e. The zero-order valence-corrected chi connectivity index (χ0v) is 16.2. The molecule has 1 aromatic carbocycles. The van der Waals surface area contributed by atoms with Crippen LogP contribution in [0.15, 0.2) is 36.4 Å². The van der Waals surface area contributed by atoms with Gasteiger partial charge in [0, 0.05) is 23.0 Å². The molecule has 0 fully saturated rings. The molecule has 27 heavy (non-hydrogen) atoms. The van der Waals surface area contributed by atoms with E-state index in [0.717, 1.165) is 17.0 Å². The second-order valence-corrected chi connectivity index (χ2v) is 6.77. The van der Waals surface area contributed by atoms with Crippen LogP contribution in [0, 0.1) is 13.8 Å². The maximum atomic E-state index is 12.4. The van der Waals surface area contributed by atoms with Crippen LogP contribution in [0.1, 0.15) is 47.2 Å². The summed E-state index contributed by atoms with van der Waals surface area (Å²) < 4.78 is 7.08. The fourth-order valence-electron chi connectivity index (χ4n) is 3.14. The monoisotopic (exact) mass is 370 g/mol. The van der Waals surface area contributed by atoms with Crippen molar-refractivity contribution in [3.63, 3.8) is 0 Å². The highest BCUT2D eigenvalue weighted by molar-refractivity contribution is 5.99. The number of hydrogen-bond donors (Lipinski definition) is 1. The number of Topliss-reactive ketones (excluding diaryl/α,β-unsaturated/α-hetero) is 1. The number of amides is 1. The highest BCUT2D eigenvalue weighted by atomic mass is 16.5. The molecule has 0 aliphatic carbocycles. The number of benzene rings is 1. The van der Waals surface area contributed by atoms with Crippen molar-refractivity contribution < 1.29 is 19.1 Å². The predicted molar refractivity (Wildman–Crippen MR) is 103 cm³/mol. The number of esters is 1. The molecule has 0 atom stereocenters. The number of aromatic nitrogens is 1. The van der Waals surface area contributed by atoms with Crippen molar-refractivity contribution in [1.82, 2.24) is 9.88 Å². The Morgan fingerprint density at radius 2 is 1.78 bits per heavy atom. The number of nitrogens with zero attached hydrogens (tertiary/aromatic N) is 1. The lowest BCUT2D eigenvalue weighted by Gasteiger charge is -2.13. The lowest BCUT2D eigenvalue weighted by molar-refractivity contribution is -0.142. The quantitative estimate of drug-likeness (QED) is 0.573. The van der Waals surface area contributed by atoms with Crippen molar-refractivity contribution in [2.75, 3.05) is 13.2 Å². The summed E-state index contributed by atoms with van der Waals surface area (Å²) in [5.74, 6) is -1.16. The molecule has 144 valence electrons. The average molecular weight is 370 g/mol. The second kappa shape index (κ2) is 9.16. The molecule has 0 saturated heterocycles. The molecule has 0 radical (unpaired) electrons. The van der Waals surface area contributed by atoms with Crippen LogP contribution in [0.2, 0.25) is 0 Å².